The Kier molecular flexibility index (Phi) is 5.41. The summed E-state index contributed by atoms with van der Waals surface area (Å²) in [5, 5.41) is 0. The quantitative estimate of drug-likeness (QED) is 0.744. The number of nitrogens with zero attached hydrogens (tertiary/aromatic N) is 1. The van der Waals surface area contributed by atoms with Crippen LogP contribution in [0, 0.1) is 0 Å². The molecule has 0 aromatic carbocycles. The fraction of sp³-hybridized carbons (Fsp3) is 1.00. The van der Waals surface area contributed by atoms with Crippen molar-refractivity contribution in [3.63, 3.8) is 0 Å². The van der Waals surface area contributed by atoms with Crippen molar-refractivity contribution < 1.29 is 8.42 Å². The van der Waals surface area contributed by atoms with Crippen LogP contribution in [0.3, 0.4) is 0 Å². The molecule has 4 nitrogen and oxygen atoms in total. The summed E-state index contributed by atoms with van der Waals surface area (Å²) in [6.45, 7) is 5.96. The van der Waals surface area contributed by atoms with Crippen molar-refractivity contribution in [1.29, 1.82) is 0 Å². The van der Waals surface area contributed by atoms with Gasteiger partial charge in [0.25, 0.3) is 0 Å². The minimum Gasteiger partial charge on any atom is -0.329 e. The number of hydrogen-bond acceptors (Lipinski definition) is 4. The van der Waals surface area contributed by atoms with Crippen molar-refractivity contribution in [2.45, 2.75) is 45.1 Å². The lowest BCUT2D eigenvalue weighted by Gasteiger charge is -2.40. The SMILES string of the molecule is CCN(CCS(=O)(=O)CC)C1(CN)CCCC1. The van der Waals surface area contributed by atoms with Gasteiger partial charge in [-0.2, -0.15) is 0 Å². The van der Waals surface area contributed by atoms with Gasteiger partial charge in [-0.3, -0.25) is 4.90 Å². The fourth-order valence-corrected chi connectivity index (χ4v) is 3.59. The second kappa shape index (κ2) is 6.16. The summed E-state index contributed by atoms with van der Waals surface area (Å²) in [6.07, 6.45) is 4.66. The van der Waals surface area contributed by atoms with E-state index in [9.17, 15) is 8.42 Å². The van der Waals surface area contributed by atoms with E-state index in [0.29, 0.717) is 13.1 Å². The third-order valence-electron chi connectivity index (χ3n) is 4.08. The van der Waals surface area contributed by atoms with Gasteiger partial charge in [0.1, 0.15) is 0 Å². The van der Waals surface area contributed by atoms with Crippen LogP contribution in [-0.4, -0.2) is 50.0 Å². The maximum Gasteiger partial charge on any atom is 0.151 e. The van der Waals surface area contributed by atoms with Crippen LogP contribution in [0.5, 0.6) is 0 Å². The van der Waals surface area contributed by atoms with Crippen LogP contribution in [0.25, 0.3) is 0 Å². The van der Waals surface area contributed by atoms with E-state index in [1.54, 1.807) is 6.92 Å². The highest BCUT2D eigenvalue weighted by molar-refractivity contribution is 7.91. The molecule has 0 unspecified atom stereocenters. The smallest absolute Gasteiger partial charge is 0.151 e. The second-order valence-electron chi connectivity index (χ2n) is 4.95. The lowest BCUT2D eigenvalue weighted by atomic mass is 9.95. The maximum absolute atomic E-state index is 11.6. The first kappa shape index (κ1) is 14.9. The van der Waals surface area contributed by atoms with Crippen LogP contribution < -0.4 is 5.73 Å². The summed E-state index contributed by atoms with van der Waals surface area (Å²) >= 11 is 0. The van der Waals surface area contributed by atoms with Gasteiger partial charge >= 0.3 is 0 Å². The molecule has 0 atom stereocenters. The molecule has 5 heteroatoms. The Morgan fingerprint density at radius 3 is 2.24 bits per heavy atom. The second-order valence-corrected chi connectivity index (χ2v) is 7.42. The number of hydrogen-bond donors (Lipinski definition) is 1. The number of nitrogens with two attached hydrogens (primary N) is 1. The van der Waals surface area contributed by atoms with Gasteiger partial charge in [-0.25, -0.2) is 8.42 Å². The van der Waals surface area contributed by atoms with Crippen LogP contribution in [0.2, 0.25) is 0 Å². The van der Waals surface area contributed by atoms with Gasteiger partial charge in [-0.15, -0.1) is 0 Å². The average Bonchev–Trinajstić information content (AvgIpc) is 2.80. The van der Waals surface area contributed by atoms with Gasteiger partial charge in [0.05, 0.1) is 5.75 Å². The molecule has 102 valence electrons. The summed E-state index contributed by atoms with van der Waals surface area (Å²) in [6, 6.07) is 0. The third-order valence-corrected chi connectivity index (χ3v) is 5.76. The lowest BCUT2D eigenvalue weighted by molar-refractivity contribution is 0.113. The summed E-state index contributed by atoms with van der Waals surface area (Å²) in [5.74, 6) is 0.499. The summed E-state index contributed by atoms with van der Waals surface area (Å²) < 4.78 is 23.1. The van der Waals surface area contributed by atoms with E-state index in [1.165, 1.54) is 12.8 Å². The van der Waals surface area contributed by atoms with Crippen molar-refractivity contribution in [2.24, 2.45) is 5.73 Å². The molecule has 0 radical (unpaired) electrons. The van der Waals surface area contributed by atoms with Crippen molar-refractivity contribution >= 4 is 9.84 Å². The Hall–Kier alpha value is -0.130. The number of likely N-dealkylation sites (N-methyl/N-ethyl adjacent to an activating group) is 1. The predicted octanol–water partition coefficient (Wildman–Crippen LogP) is 1.01. The molecule has 1 fully saturated rings. The molecular formula is C12H26N2O2S. The molecule has 0 bridgehead atoms. The van der Waals surface area contributed by atoms with Crippen LogP contribution in [0.1, 0.15) is 39.5 Å². The molecule has 1 rings (SSSR count). The highest BCUT2D eigenvalue weighted by Crippen LogP contribution is 2.34. The Morgan fingerprint density at radius 1 is 1.24 bits per heavy atom. The van der Waals surface area contributed by atoms with Crippen molar-refractivity contribution in [3.8, 4) is 0 Å². The fourth-order valence-electron chi connectivity index (χ4n) is 2.81. The highest BCUT2D eigenvalue weighted by Gasteiger charge is 2.37. The normalized spacial score (nSPS) is 20.0. The first-order valence-corrected chi connectivity index (χ1v) is 8.47. The first-order chi connectivity index (χ1) is 7.99. The van der Waals surface area contributed by atoms with E-state index >= 15 is 0 Å². The largest absolute Gasteiger partial charge is 0.329 e. The predicted molar refractivity (Wildman–Crippen MR) is 71.8 cm³/mol. The standard InChI is InChI=1S/C12H26N2O2S/c1-3-14(9-10-17(15,16)4-2)12(11-13)7-5-6-8-12/h3-11,13H2,1-2H3. The molecule has 0 aromatic rings. The molecule has 0 spiro atoms. The minimum atomic E-state index is -2.87. The zero-order chi connectivity index (χ0) is 12.9. The topological polar surface area (TPSA) is 63.4 Å². The van der Waals surface area contributed by atoms with Gasteiger partial charge in [-0.05, 0) is 19.4 Å². The van der Waals surface area contributed by atoms with Gasteiger partial charge in [0.15, 0.2) is 9.84 Å². The Labute approximate surface area is 105 Å². The summed E-state index contributed by atoms with van der Waals surface area (Å²) in [5.41, 5.74) is 5.99. The van der Waals surface area contributed by atoms with Crippen LogP contribution in [0.4, 0.5) is 0 Å². The molecule has 0 heterocycles. The minimum absolute atomic E-state index is 0.0675. The van der Waals surface area contributed by atoms with E-state index in [0.717, 1.165) is 19.4 Å². The monoisotopic (exact) mass is 262 g/mol. The maximum atomic E-state index is 11.6. The van der Waals surface area contributed by atoms with Gasteiger partial charge in [0.2, 0.25) is 0 Å². The zero-order valence-electron chi connectivity index (χ0n) is 11.1. The van der Waals surface area contributed by atoms with Crippen molar-refractivity contribution in [3.05, 3.63) is 0 Å². The van der Waals surface area contributed by atoms with E-state index in [1.807, 2.05) is 0 Å². The molecule has 1 aliphatic carbocycles. The average molecular weight is 262 g/mol. The van der Waals surface area contributed by atoms with E-state index in [2.05, 4.69) is 11.8 Å². The molecule has 0 amide bonds. The van der Waals surface area contributed by atoms with Gasteiger partial charge in [-0.1, -0.05) is 26.7 Å². The lowest BCUT2D eigenvalue weighted by Crippen LogP contribution is -2.53. The van der Waals surface area contributed by atoms with Crippen LogP contribution in [-0.2, 0) is 9.84 Å². The first-order valence-electron chi connectivity index (χ1n) is 6.65. The van der Waals surface area contributed by atoms with Crippen LogP contribution >= 0.6 is 0 Å². The summed E-state index contributed by atoms with van der Waals surface area (Å²) in [4.78, 5) is 2.28. The molecule has 0 aliphatic heterocycles. The molecule has 1 aliphatic rings. The molecule has 0 saturated heterocycles. The Morgan fingerprint density at radius 2 is 1.82 bits per heavy atom. The Bertz CT molecular complexity index is 321. The molecule has 1 saturated carbocycles. The van der Waals surface area contributed by atoms with Gasteiger partial charge in [0, 0.05) is 24.4 Å². The third kappa shape index (κ3) is 3.66. The Balaban J connectivity index is 2.64. The van der Waals surface area contributed by atoms with E-state index < -0.39 is 9.84 Å². The van der Waals surface area contributed by atoms with Crippen molar-refractivity contribution in [2.75, 3.05) is 31.1 Å². The van der Waals surface area contributed by atoms with Gasteiger partial charge < -0.3 is 5.73 Å². The molecule has 2 N–H and O–H groups in total. The summed E-state index contributed by atoms with van der Waals surface area (Å²) in [7, 11) is -2.87. The van der Waals surface area contributed by atoms with Crippen molar-refractivity contribution in [1.82, 2.24) is 4.90 Å². The molecular weight excluding hydrogens is 236 g/mol. The highest BCUT2D eigenvalue weighted by atomic mass is 32.2. The van der Waals surface area contributed by atoms with Crippen LogP contribution in [0.15, 0.2) is 0 Å². The number of sulfone groups is 1. The molecule has 17 heavy (non-hydrogen) atoms. The number of rotatable bonds is 7. The van der Waals surface area contributed by atoms with E-state index in [4.69, 9.17) is 5.73 Å². The molecule has 0 aromatic heterocycles. The van der Waals surface area contributed by atoms with E-state index in [-0.39, 0.29) is 17.0 Å². The zero-order valence-corrected chi connectivity index (χ0v) is 11.9.